The number of carboxylic acid groups (broad SMARTS) is 1. The molecule has 0 radical (unpaired) electrons. The molecule has 2 heterocycles. The molecule has 1 fully saturated rings. The Morgan fingerprint density at radius 1 is 1.24 bits per heavy atom. The van der Waals surface area contributed by atoms with Crippen LogP contribution in [-0.2, 0) is 14.3 Å². The Morgan fingerprint density at radius 2 is 2.05 bits per heavy atom. The first-order chi connectivity index (χ1) is 10.2. The van der Waals surface area contributed by atoms with Crippen LogP contribution < -0.4 is 4.74 Å². The molecule has 6 heteroatoms. The first-order valence-electron chi connectivity index (χ1n) is 7.01. The molecule has 2 aliphatic heterocycles. The second-order valence-electron chi connectivity index (χ2n) is 5.21. The Bertz CT molecular complexity index is 559. The van der Waals surface area contributed by atoms with E-state index in [1.807, 2.05) is 24.3 Å². The standard InChI is InChI=1S/C15H17NO5/c17-14(16-6-8-21-13(9-16)15(18)19)11-5-7-20-12-4-2-1-3-10(11)12/h1-4,11,13H,5-9H2,(H,18,19). The van der Waals surface area contributed by atoms with Crippen LogP contribution in [0.3, 0.4) is 0 Å². The number of rotatable bonds is 2. The van der Waals surface area contributed by atoms with E-state index in [-0.39, 0.29) is 25.0 Å². The number of nitrogens with zero attached hydrogens (tertiary/aromatic N) is 1. The minimum atomic E-state index is -1.03. The second kappa shape index (κ2) is 5.73. The molecule has 2 aliphatic rings. The largest absolute Gasteiger partial charge is 0.493 e. The zero-order valence-corrected chi connectivity index (χ0v) is 11.5. The number of morpholine rings is 1. The maximum Gasteiger partial charge on any atom is 0.334 e. The number of carbonyl (C=O) groups is 2. The lowest BCUT2D eigenvalue weighted by Gasteiger charge is -2.35. The smallest absolute Gasteiger partial charge is 0.334 e. The highest BCUT2D eigenvalue weighted by Gasteiger charge is 2.35. The quantitative estimate of drug-likeness (QED) is 0.875. The summed E-state index contributed by atoms with van der Waals surface area (Å²) in [4.78, 5) is 25.3. The summed E-state index contributed by atoms with van der Waals surface area (Å²) in [6.45, 7) is 1.30. The van der Waals surface area contributed by atoms with Crippen LogP contribution >= 0.6 is 0 Å². The molecule has 0 aromatic heterocycles. The van der Waals surface area contributed by atoms with Crippen molar-refractivity contribution in [3.8, 4) is 5.75 Å². The molecule has 3 rings (SSSR count). The summed E-state index contributed by atoms with van der Waals surface area (Å²) in [6, 6.07) is 7.51. The van der Waals surface area contributed by atoms with Crippen LogP contribution in [-0.4, -0.2) is 54.3 Å². The lowest BCUT2D eigenvalue weighted by atomic mass is 9.91. The molecule has 0 aliphatic carbocycles. The molecule has 21 heavy (non-hydrogen) atoms. The molecule has 1 amide bonds. The Hall–Kier alpha value is -2.08. The summed E-state index contributed by atoms with van der Waals surface area (Å²) >= 11 is 0. The molecule has 1 aromatic carbocycles. The van der Waals surface area contributed by atoms with Crippen molar-refractivity contribution in [2.45, 2.75) is 18.4 Å². The third kappa shape index (κ3) is 2.71. The second-order valence-corrected chi connectivity index (χ2v) is 5.21. The van der Waals surface area contributed by atoms with Crippen molar-refractivity contribution < 1.29 is 24.2 Å². The van der Waals surface area contributed by atoms with Crippen molar-refractivity contribution in [2.75, 3.05) is 26.3 Å². The van der Waals surface area contributed by atoms with Gasteiger partial charge in [0, 0.05) is 12.1 Å². The van der Waals surface area contributed by atoms with Gasteiger partial charge >= 0.3 is 5.97 Å². The molecule has 112 valence electrons. The predicted molar refractivity (Wildman–Crippen MR) is 73.3 cm³/mol. The van der Waals surface area contributed by atoms with Gasteiger partial charge in [-0.15, -0.1) is 0 Å². The summed E-state index contributed by atoms with van der Waals surface area (Å²) in [7, 11) is 0. The first kappa shape index (κ1) is 13.9. The van der Waals surface area contributed by atoms with Gasteiger partial charge in [-0.2, -0.15) is 0 Å². The van der Waals surface area contributed by atoms with E-state index in [0.29, 0.717) is 19.6 Å². The third-order valence-electron chi connectivity index (χ3n) is 3.91. The number of benzene rings is 1. The van der Waals surface area contributed by atoms with Crippen molar-refractivity contribution in [2.24, 2.45) is 0 Å². The zero-order chi connectivity index (χ0) is 14.8. The highest BCUT2D eigenvalue weighted by Crippen LogP contribution is 2.34. The number of hydrogen-bond acceptors (Lipinski definition) is 4. The topological polar surface area (TPSA) is 76.1 Å². The van der Waals surface area contributed by atoms with E-state index < -0.39 is 12.1 Å². The van der Waals surface area contributed by atoms with Crippen molar-refractivity contribution in [1.29, 1.82) is 0 Å². The maximum absolute atomic E-state index is 12.7. The van der Waals surface area contributed by atoms with Crippen LogP contribution in [0.1, 0.15) is 17.9 Å². The number of amides is 1. The van der Waals surface area contributed by atoms with Crippen LogP contribution in [0.2, 0.25) is 0 Å². The Morgan fingerprint density at radius 3 is 2.86 bits per heavy atom. The van der Waals surface area contributed by atoms with E-state index >= 15 is 0 Å². The minimum absolute atomic E-state index is 0.0414. The van der Waals surface area contributed by atoms with Gasteiger partial charge in [-0.05, 0) is 12.5 Å². The molecular weight excluding hydrogens is 274 g/mol. The Kier molecular flexibility index (Phi) is 3.79. The molecule has 1 saturated heterocycles. The van der Waals surface area contributed by atoms with Gasteiger partial charge in [-0.1, -0.05) is 18.2 Å². The molecular formula is C15H17NO5. The van der Waals surface area contributed by atoms with E-state index in [4.69, 9.17) is 14.6 Å². The van der Waals surface area contributed by atoms with Crippen LogP contribution in [0.25, 0.3) is 0 Å². The normalized spacial score (nSPS) is 24.9. The molecule has 0 spiro atoms. The van der Waals surface area contributed by atoms with E-state index in [2.05, 4.69) is 0 Å². The van der Waals surface area contributed by atoms with E-state index in [9.17, 15) is 9.59 Å². The van der Waals surface area contributed by atoms with Gasteiger partial charge in [0.15, 0.2) is 6.10 Å². The molecule has 0 bridgehead atoms. The number of hydrogen-bond donors (Lipinski definition) is 1. The summed E-state index contributed by atoms with van der Waals surface area (Å²) in [5.74, 6) is -0.590. The van der Waals surface area contributed by atoms with Crippen LogP contribution in [0.5, 0.6) is 5.75 Å². The number of para-hydroxylation sites is 1. The molecule has 0 saturated carbocycles. The fourth-order valence-corrected chi connectivity index (χ4v) is 2.82. The number of fused-ring (bicyclic) bond motifs is 1. The summed E-state index contributed by atoms with van der Waals surface area (Å²) in [6.07, 6.45) is -0.317. The minimum Gasteiger partial charge on any atom is -0.493 e. The van der Waals surface area contributed by atoms with Crippen LogP contribution in [0, 0.1) is 0 Å². The van der Waals surface area contributed by atoms with Gasteiger partial charge in [-0.25, -0.2) is 4.79 Å². The highest BCUT2D eigenvalue weighted by molar-refractivity contribution is 5.85. The average Bonchev–Trinajstić information content (AvgIpc) is 2.53. The van der Waals surface area contributed by atoms with Crippen LogP contribution in [0.4, 0.5) is 0 Å². The lowest BCUT2D eigenvalue weighted by Crippen LogP contribution is -2.50. The van der Waals surface area contributed by atoms with Gasteiger partial charge in [0.05, 0.1) is 25.7 Å². The number of ether oxygens (including phenoxy) is 2. The van der Waals surface area contributed by atoms with Gasteiger partial charge < -0.3 is 19.5 Å². The Labute approximate surface area is 122 Å². The van der Waals surface area contributed by atoms with Gasteiger partial charge in [0.25, 0.3) is 0 Å². The fraction of sp³-hybridized carbons (Fsp3) is 0.467. The summed E-state index contributed by atoms with van der Waals surface area (Å²) < 4.78 is 10.7. The monoisotopic (exact) mass is 291 g/mol. The van der Waals surface area contributed by atoms with Crippen molar-refractivity contribution in [1.82, 2.24) is 4.90 Å². The average molecular weight is 291 g/mol. The molecule has 1 aromatic rings. The lowest BCUT2D eigenvalue weighted by molar-refractivity contribution is -0.160. The summed E-state index contributed by atoms with van der Waals surface area (Å²) in [5.41, 5.74) is 0.882. The number of carboxylic acids is 1. The molecule has 1 N–H and O–H groups in total. The predicted octanol–water partition coefficient (Wildman–Crippen LogP) is 0.865. The van der Waals surface area contributed by atoms with Gasteiger partial charge in [0.1, 0.15) is 5.75 Å². The van der Waals surface area contributed by atoms with Gasteiger partial charge in [-0.3, -0.25) is 4.79 Å². The zero-order valence-electron chi connectivity index (χ0n) is 11.5. The molecule has 6 nitrogen and oxygen atoms in total. The van der Waals surface area contributed by atoms with Crippen molar-refractivity contribution in [3.63, 3.8) is 0 Å². The van der Waals surface area contributed by atoms with E-state index in [0.717, 1.165) is 11.3 Å². The SMILES string of the molecule is O=C(O)C1CN(C(=O)C2CCOc3ccccc32)CCO1. The van der Waals surface area contributed by atoms with Gasteiger partial charge in [0.2, 0.25) is 5.91 Å². The number of aliphatic carboxylic acids is 1. The van der Waals surface area contributed by atoms with Crippen LogP contribution in [0.15, 0.2) is 24.3 Å². The third-order valence-corrected chi connectivity index (χ3v) is 3.91. The first-order valence-corrected chi connectivity index (χ1v) is 7.01. The molecule has 2 unspecified atom stereocenters. The molecule has 2 atom stereocenters. The summed E-state index contributed by atoms with van der Waals surface area (Å²) in [5, 5.41) is 9.02. The van der Waals surface area contributed by atoms with Crippen molar-refractivity contribution >= 4 is 11.9 Å². The Balaban J connectivity index is 1.78. The van der Waals surface area contributed by atoms with Crippen molar-refractivity contribution in [3.05, 3.63) is 29.8 Å². The number of carbonyl (C=O) groups excluding carboxylic acids is 1. The van der Waals surface area contributed by atoms with E-state index in [1.165, 1.54) is 0 Å². The maximum atomic E-state index is 12.7. The van der Waals surface area contributed by atoms with E-state index in [1.54, 1.807) is 4.90 Å². The highest BCUT2D eigenvalue weighted by atomic mass is 16.5. The fourth-order valence-electron chi connectivity index (χ4n) is 2.82.